The molecule has 29 heavy (non-hydrogen) atoms. The van der Waals surface area contributed by atoms with Crippen molar-refractivity contribution in [1.82, 2.24) is 15.0 Å². The number of nitrogens with zero attached hydrogens (tertiary/aromatic N) is 3. The highest BCUT2D eigenvalue weighted by atomic mass is 32.1. The number of benzene rings is 1. The van der Waals surface area contributed by atoms with Gasteiger partial charge in [0.25, 0.3) is 0 Å². The van der Waals surface area contributed by atoms with Crippen molar-refractivity contribution in [3.05, 3.63) is 39.3 Å². The summed E-state index contributed by atoms with van der Waals surface area (Å²) < 4.78 is 11.0. The molecule has 0 saturated carbocycles. The van der Waals surface area contributed by atoms with E-state index in [1.165, 1.54) is 18.9 Å². The quantitative estimate of drug-likeness (QED) is 0.636. The van der Waals surface area contributed by atoms with Gasteiger partial charge in [-0.25, -0.2) is 14.3 Å². The number of hydrogen-bond donors (Lipinski definition) is 1. The molecule has 3 aromatic rings. The average molecular weight is 416 g/mol. The minimum Gasteiger partial charge on any atom is -0.465 e. The molecule has 0 fully saturated rings. The molecular weight excluding hydrogens is 396 g/mol. The van der Waals surface area contributed by atoms with Crippen LogP contribution in [0.1, 0.15) is 36.7 Å². The summed E-state index contributed by atoms with van der Waals surface area (Å²) in [4.78, 5) is 37.0. The van der Waals surface area contributed by atoms with E-state index in [2.05, 4.69) is 15.6 Å². The van der Waals surface area contributed by atoms with Gasteiger partial charge in [-0.2, -0.15) is 0 Å². The number of aryl methyl sites for hydroxylation is 2. The fraction of sp³-hybridized carbons (Fsp3) is 0.316. The summed E-state index contributed by atoms with van der Waals surface area (Å²) in [7, 11) is 2.48. The zero-order chi connectivity index (χ0) is 21.3. The first-order chi connectivity index (χ1) is 13.8. The summed E-state index contributed by atoms with van der Waals surface area (Å²) >= 11 is 0.959. The Morgan fingerprint density at radius 2 is 1.72 bits per heavy atom. The van der Waals surface area contributed by atoms with E-state index in [0.717, 1.165) is 28.0 Å². The molecule has 0 aliphatic rings. The van der Waals surface area contributed by atoms with Crippen molar-refractivity contribution in [2.75, 3.05) is 19.5 Å². The van der Waals surface area contributed by atoms with Gasteiger partial charge in [0, 0.05) is 0 Å². The van der Waals surface area contributed by atoms with Gasteiger partial charge in [-0.15, -0.1) is 16.4 Å². The summed E-state index contributed by atoms with van der Waals surface area (Å²) in [6.45, 7) is 5.44. The predicted octanol–water partition coefficient (Wildman–Crippen LogP) is 2.63. The van der Waals surface area contributed by atoms with Gasteiger partial charge in [0.05, 0.1) is 25.3 Å². The molecular formula is C19H20N4O5S. The van der Waals surface area contributed by atoms with Gasteiger partial charge in [0.2, 0.25) is 5.91 Å². The van der Waals surface area contributed by atoms with Crippen LogP contribution in [0.2, 0.25) is 0 Å². The molecule has 0 bridgehead atoms. The number of carbonyl (C=O) groups excluding carboxylic acids is 3. The van der Waals surface area contributed by atoms with E-state index in [1.807, 2.05) is 26.0 Å². The zero-order valence-electron chi connectivity index (χ0n) is 16.7. The van der Waals surface area contributed by atoms with E-state index in [0.29, 0.717) is 11.1 Å². The van der Waals surface area contributed by atoms with Crippen LogP contribution in [0.15, 0.2) is 12.1 Å². The minimum absolute atomic E-state index is 0.107. The molecule has 2 heterocycles. The number of esters is 2. The molecule has 0 saturated heterocycles. The SMILES string of the molecule is COC(=O)c1sc(NC(=O)Cn2nnc3cc(C)c(C)cc32)c(C(=O)OC)c1C. The van der Waals surface area contributed by atoms with Crippen molar-refractivity contribution in [3.63, 3.8) is 0 Å². The fourth-order valence-corrected chi connectivity index (χ4v) is 4.01. The van der Waals surface area contributed by atoms with Gasteiger partial charge < -0.3 is 14.8 Å². The van der Waals surface area contributed by atoms with Gasteiger partial charge in [-0.3, -0.25) is 4.79 Å². The second-order valence-electron chi connectivity index (χ2n) is 6.46. The van der Waals surface area contributed by atoms with Crippen LogP contribution in [0, 0.1) is 20.8 Å². The van der Waals surface area contributed by atoms with Gasteiger partial charge >= 0.3 is 11.9 Å². The predicted molar refractivity (Wildman–Crippen MR) is 107 cm³/mol. The van der Waals surface area contributed by atoms with Crippen molar-refractivity contribution in [3.8, 4) is 0 Å². The molecule has 9 nitrogen and oxygen atoms in total. The molecule has 1 amide bonds. The van der Waals surface area contributed by atoms with Gasteiger partial charge in [-0.1, -0.05) is 5.21 Å². The van der Waals surface area contributed by atoms with Crippen LogP contribution < -0.4 is 5.32 Å². The first-order valence-electron chi connectivity index (χ1n) is 8.67. The number of nitrogens with one attached hydrogen (secondary N) is 1. The van der Waals surface area contributed by atoms with Gasteiger partial charge in [0.1, 0.15) is 21.9 Å². The Hall–Kier alpha value is -3.27. The maximum absolute atomic E-state index is 12.6. The first kappa shape index (κ1) is 20.5. The summed E-state index contributed by atoms with van der Waals surface area (Å²) in [6.07, 6.45) is 0. The molecule has 0 radical (unpaired) electrons. The Morgan fingerprint density at radius 1 is 1.07 bits per heavy atom. The van der Waals surface area contributed by atoms with Gasteiger partial charge in [-0.05, 0) is 49.6 Å². The van der Waals surface area contributed by atoms with Crippen molar-refractivity contribution in [2.24, 2.45) is 0 Å². The Labute approximate surface area is 170 Å². The summed E-state index contributed by atoms with van der Waals surface area (Å²) in [5.74, 6) is -1.66. The largest absolute Gasteiger partial charge is 0.465 e. The van der Waals surface area contributed by atoms with Crippen LogP contribution >= 0.6 is 11.3 Å². The lowest BCUT2D eigenvalue weighted by Gasteiger charge is -2.07. The fourth-order valence-electron chi connectivity index (χ4n) is 2.88. The molecule has 0 atom stereocenters. The molecule has 3 rings (SSSR count). The van der Waals surface area contributed by atoms with Crippen LogP contribution in [0.4, 0.5) is 5.00 Å². The van der Waals surface area contributed by atoms with E-state index in [4.69, 9.17) is 9.47 Å². The highest BCUT2D eigenvalue weighted by Crippen LogP contribution is 2.34. The third-order valence-electron chi connectivity index (χ3n) is 4.58. The average Bonchev–Trinajstić information content (AvgIpc) is 3.21. The number of rotatable bonds is 5. The molecule has 0 aliphatic heterocycles. The number of amides is 1. The van der Waals surface area contributed by atoms with E-state index >= 15 is 0 Å². The van der Waals surface area contributed by atoms with E-state index in [1.54, 1.807) is 6.92 Å². The van der Waals surface area contributed by atoms with Crippen LogP contribution in [-0.4, -0.2) is 47.1 Å². The van der Waals surface area contributed by atoms with Gasteiger partial charge in [0.15, 0.2) is 0 Å². The third kappa shape index (κ3) is 3.83. The van der Waals surface area contributed by atoms with Crippen molar-refractivity contribution in [1.29, 1.82) is 0 Å². The Balaban J connectivity index is 1.90. The number of anilines is 1. The van der Waals surface area contributed by atoms with Crippen LogP contribution in [0.25, 0.3) is 11.0 Å². The molecule has 1 aromatic carbocycles. The normalized spacial score (nSPS) is 10.8. The third-order valence-corrected chi connectivity index (χ3v) is 5.77. The lowest BCUT2D eigenvalue weighted by atomic mass is 10.1. The van der Waals surface area contributed by atoms with Crippen LogP contribution in [-0.2, 0) is 20.8 Å². The lowest BCUT2D eigenvalue weighted by Crippen LogP contribution is -2.20. The second kappa shape index (κ2) is 8.00. The number of fused-ring (bicyclic) bond motifs is 1. The highest BCUT2D eigenvalue weighted by Gasteiger charge is 2.27. The molecule has 2 aromatic heterocycles. The maximum Gasteiger partial charge on any atom is 0.348 e. The van der Waals surface area contributed by atoms with Crippen molar-refractivity contribution < 1.29 is 23.9 Å². The van der Waals surface area contributed by atoms with Crippen LogP contribution in [0.5, 0.6) is 0 Å². The minimum atomic E-state index is -0.651. The number of carbonyl (C=O) groups is 3. The Bertz CT molecular complexity index is 1130. The van der Waals surface area contributed by atoms with E-state index < -0.39 is 17.8 Å². The number of ether oxygens (including phenoxy) is 2. The number of aromatic nitrogens is 3. The smallest absolute Gasteiger partial charge is 0.348 e. The van der Waals surface area contributed by atoms with Crippen LogP contribution in [0.3, 0.4) is 0 Å². The molecule has 0 aliphatic carbocycles. The molecule has 10 heteroatoms. The van der Waals surface area contributed by atoms with Crippen molar-refractivity contribution >= 4 is 45.2 Å². The Morgan fingerprint density at radius 3 is 2.38 bits per heavy atom. The molecule has 0 unspecified atom stereocenters. The standard InChI is InChI=1S/C19H20N4O5S/c1-9-6-12-13(7-10(9)2)23(22-21-12)8-14(24)20-17-15(18(25)27-4)11(3)16(29-17)19(26)28-5/h6-7H,8H2,1-5H3,(H,20,24). The monoisotopic (exact) mass is 416 g/mol. The lowest BCUT2D eigenvalue weighted by molar-refractivity contribution is -0.116. The molecule has 0 spiro atoms. The van der Waals surface area contributed by atoms with Crippen molar-refractivity contribution in [2.45, 2.75) is 27.3 Å². The molecule has 152 valence electrons. The summed E-state index contributed by atoms with van der Waals surface area (Å²) in [5, 5.41) is 11.0. The topological polar surface area (TPSA) is 112 Å². The first-order valence-corrected chi connectivity index (χ1v) is 9.48. The number of hydrogen-bond acceptors (Lipinski definition) is 8. The second-order valence-corrected chi connectivity index (χ2v) is 7.48. The Kier molecular flexibility index (Phi) is 5.64. The number of thiophene rings is 1. The zero-order valence-corrected chi connectivity index (χ0v) is 17.5. The molecule has 1 N–H and O–H groups in total. The summed E-state index contributed by atoms with van der Waals surface area (Å²) in [5.41, 5.74) is 4.08. The number of methoxy groups -OCH3 is 2. The highest BCUT2D eigenvalue weighted by molar-refractivity contribution is 7.18. The maximum atomic E-state index is 12.6. The summed E-state index contributed by atoms with van der Waals surface area (Å²) in [6, 6.07) is 3.83. The van der Waals surface area contributed by atoms with E-state index in [-0.39, 0.29) is 22.0 Å². The van der Waals surface area contributed by atoms with E-state index in [9.17, 15) is 14.4 Å².